The number of hydrogen-bond donors (Lipinski definition) is 0. The maximum absolute atomic E-state index is 14.3. The molecule has 5 heteroatoms. The summed E-state index contributed by atoms with van der Waals surface area (Å²) in [6.07, 6.45) is 2.75. The minimum Gasteiger partial charge on any atom is -0.463 e. The SMILES string of the molecule is CC(C)OC(=O)C[C@@H]1c2ccccc2C=CN1C(=O)OC(c1ccccc1)(c1ccccc1)c1ccccc1. The summed E-state index contributed by atoms with van der Waals surface area (Å²) in [7, 11) is 0. The second-order valence-electron chi connectivity index (χ2n) is 9.76. The molecule has 1 atom stereocenters. The standard InChI is InChI=1S/C34H31NO4/c1-25(2)38-32(36)24-31-30-21-13-12-14-26(30)22-23-35(31)33(37)39-34(27-15-6-3-7-16-27,28-17-8-4-9-18-28)29-19-10-5-11-20-29/h3-23,25,31H,24H2,1-2H3/t31-/m1/s1. The van der Waals surface area contributed by atoms with E-state index in [1.807, 2.05) is 135 Å². The van der Waals surface area contributed by atoms with Crippen LogP contribution in [0.25, 0.3) is 6.08 Å². The summed E-state index contributed by atoms with van der Waals surface area (Å²) < 4.78 is 12.1. The summed E-state index contributed by atoms with van der Waals surface area (Å²) in [6, 6.07) is 36.4. The molecule has 0 spiro atoms. The van der Waals surface area contributed by atoms with E-state index in [2.05, 4.69) is 0 Å². The summed E-state index contributed by atoms with van der Waals surface area (Å²) in [6.45, 7) is 3.62. The zero-order valence-corrected chi connectivity index (χ0v) is 22.1. The van der Waals surface area contributed by atoms with Crippen LogP contribution in [0.3, 0.4) is 0 Å². The molecule has 0 unspecified atom stereocenters. The van der Waals surface area contributed by atoms with Crippen molar-refractivity contribution in [2.75, 3.05) is 0 Å². The molecular weight excluding hydrogens is 486 g/mol. The van der Waals surface area contributed by atoms with Crippen LogP contribution >= 0.6 is 0 Å². The number of rotatable bonds is 7. The summed E-state index contributed by atoms with van der Waals surface area (Å²) in [5, 5.41) is 0. The number of amides is 1. The molecule has 1 aliphatic rings. The average molecular weight is 518 g/mol. The van der Waals surface area contributed by atoms with Gasteiger partial charge in [-0.05, 0) is 31.1 Å². The molecule has 0 saturated carbocycles. The Morgan fingerprint density at radius 1 is 0.744 bits per heavy atom. The molecule has 4 aromatic carbocycles. The van der Waals surface area contributed by atoms with Crippen molar-refractivity contribution in [3.05, 3.63) is 149 Å². The lowest BCUT2D eigenvalue weighted by molar-refractivity contribution is -0.148. The van der Waals surface area contributed by atoms with E-state index in [4.69, 9.17) is 9.47 Å². The van der Waals surface area contributed by atoms with Gasteiger partial charge in [-0.3, -0.25) is 9.69 Å². The molecular formula is C34H31NO4. The van der Waals surface area contributed by atoms with Gasteiger partial charge in [-0.1, -0.05) is 115 Å². The minimum absolute atomic E-state index is 0.00362. The van der Waals surface area contributed by atoms with Gasteiger partial charge in [-0.2, -0.15) is 0 Å². The summed E-state index contributed by atoms with van der Waals surface area (Å²) in [4.78, 5) is 28.6. The quantitative estimate of drug-likeness (QED) is 0.188. The van der Waals surface area contributed by atoms with Crippen molar-refractivity contribution < 1.29 is 19.1 Å². The maximum atomic E-state index is 14.3. The third-order valence-electron chi connectivity index (χ3n) is 6.82. The highest BCUT2D eigenvalue weighted by atomic mass is 16.6. The lowest BCUT2D eigenvalue weighted by Gasteiger charge is -2.39. The van der Waals surface area contributed by atoms with Crippen LogP contribution in [-0.4, -0.2) is 23.1 Å². The minimum atomic E-state index is -1.23. The third kappa shape index (κ3) is 5.34. The number of benzene rings is 4. The van der Waals surface area contributed by atoms with Crippen LogP contribution in [-0.2, 0) is 19.9 Å². The number of ether oxygens (including phenoxy) is 2. The molecule has 1 aliphatic heterocycles. The highest BCUT2D eigenvalue weighted by Gasteiger charge is 2.43. The first-order valence-electron chi connectivity index (χ1n) is 13.1. The molecule has 0 aromatic heterocycles. The van der Waals surface area contributed by atoms with Crippen LogP contribution < -0.4 is 0 Å². The molecule has 0 aliphatic carbocycles. The van der Waals surface area contributed by atoms with Gasteiger partial charge in [0.15, 0.2) is 5.60 Å². The second-order valence-corrected chi connectivity index (χ2v) is 9.76. The molecule has 5 nitrogen and oxygen atoms in total. The Kier molecular flexibility index (Phi) is 7.60. The number of carbonyl (C=O) groups is 2. The Morgan fingerprint density at radius 2 is 1.23 bits per heavy atom. The van der Waals surface area contributed by atoms with E-state index in [9.17, 15) is 9.59 Å². The van der Waals surface area contributed by atoms with Crippen molar-refractivity contribution in [3.63, 3.8) is 0 Å². The van der Waals surface area contributed by atoms with Crippen LogP contribution in [0.15, 0.2) is 121 Å². The van der Waals surface area contributed by atoms with Gasteiger partial charge in [0, 0.05) is 22.9 Å². The molecule has 4 aromatic rings. The van der Waals surface area contributed by atoms with Crippen molar-refractivity contribution in [3.8, 4) is 0 Å². The van der Waals surface area contributed by atoms with Gasteiger partial charge in [-0.25, -0.2) is 4.79 Å². The number of hydrogen-bond acceptors (Lipinski definition) is 4. The fourth-order valence-electron chi connectivity index (χ4n) is 5.12. The van der Waals surface area contributed by atoms with Crippen molar-refractivity contribution in [1.82, 2.24) is 4.90 Å². The van der Waals surface area contributed by atoms with E-state index < -0.39 is 17.7 Å². The first-order valence-corrected chi connectivity index (χ1v) is 13.1. The molecule has 0 N–H and O–H groups in total. The number of carbonyl (C=O) groups excluding carboxylic acids is 2. The molecule has 5 rings (SSSR count). The van der Waals surface area contributed by atoms with E-state index >= 15 is 0 Å². The molecule has 39 heavy (non-hydrogen) atoms. The topological polar surface area (TPSA) is 55.8 Å². The summed E-state index contributed by atoms with van der Waals surface area (Å²) >= 11 is 0. The average Bonchev–Trinajstić information content (AvgIpc) is 2.97. The number of fused-ring (bicyclic) bond motifs is 1. The van der Waals surface area contributed by atoms with Gasteiger partial charge in [0.1, 0.15) is 0 Å². The largest absolute Gasteiger partial charge is 0.463 e. The van der Waals surface area contributed by atoms with Crippen LogP contribution in [0.2, 0.25) is 0 Å². The Morgan fingerprint density at radius 3 is 1.74 bits per heavy atom. The van der Waals surface area contributed by atoms with Crippen LogP contribution in [0, 0.1) is 0 Å². The predicted molar refractivity (Wildman–Crippen MR) is 152 cm³/mol. The van der Waals surface area contributed by atoms with Crippen molar-refractivity contribution in [1.29, 1.82) is 0 Å². The highest BCUT2D eigenvalue weighted by Crippen LogP contribution is 2.42. The van der Waals surface area contributed by atoms with E-state index in [-0.39, 0.29) is 18.5 Å². The van der Waals surface area contributed by atoms with Gasteiger partial charge in [0.25, 0.3) is 0 Å². The van der Waals surface area contributed by atoms with Crippen molar-refractivity contribution >= 4 is 18.1 Å². The van der Waals surface area contributed by atoms with E-state index in [1.54, 1.807) is 6.20 Å². The van der Waals surface area contributed by atoms with Crippen LogP contribution in [0.1, 0.15) is 54.1 Å². The predicted octanol–water partition coefficient (Wildman–Crippen LogP) is 7.48. The smallest absolute Gasteiger partial charge is 0.415 e. The highest BCUT2D eigenvalue weighted by molar-refractivity contribution is 5.78. The zero-order valence-electron chi connectivity index (χ0n) is 22.1. The van der Waals surface area contributed by atoms with Gasteiger partial charge < -0.3 is 9.47 Å². The van der Waals surface area contributed by atoms with E-state index in [0.717, 1.165) is 27.8 Å². The number of nitrogens with zero attached hydrogens (tertiary/aromatic N) is 1. The molecule has 0 radical (unpaired) electrons. The molecule has 1 amide bonds. The fraction of sp³-hybridized carbons (Fsp3) is 0.176. The first kappa shape index (κ1) is 26.0. The molecule has 0 fully saturated rings. The van der Waals surface area contributed by atoms with E-state index in [1.165, 1.54) is 4.90 Å². The molecule has 0 saturated heterocycles. The van der Waals surface area contributed by atoms with Crippen LogP contribution in [0.5, 0.6) is 0 Å². The maximum Gasteiger partial charge on any atom is 0.415 e. The Balaban J connectivity index is 1.61. The van der Waals surface area contributed by atoms with Gasteiger partial charge >= 0.3 is 12.1 Å². The molecule has 196 valence electrons. The van der Waals surface area contributed by atoms with Crippen LogP contribution in [0.4, 0.5) is 4.79 Å². The van der Waals surface area contributed by atoms with Gasteiger partial charge in [0.05, 0.1) is 18.6 Å². The Bertz CT molecular complexity index is 1350. The Labute approximate surface area is 229 Å². The lowest BCUT2D eigenvalue weighted by Crippen LogP contribution is -2.42. The van der Waals surface area contributed by atoms with Crippen molar-refractivity contribution in [2.45, 2.75) is 38.0 Å². The third-order valence-corrected chi connectivity index (χ3v) is 6.82. The summed E-state index contributed by atoms with van der Waals surface area (Å²) in [5.74, 6) is -0.377. The molecule has 1 heterocycles. The second kappa shape index (κ2) is 11.4. The zero-order chi connectivity index (χ0) is 27.2. The monoisotopic (exact) mass is 517 g/mol. The Hall–Kier alpha value is -4.64. The lowest BCUT2D eigenvalue weighted by atomic mass is 9.80. The first-order chi connectivity index (χ1) is 19.0. The van der Waals surface area contributed by atoms with Gasteiger partial charge in [-0.15, -0.1) is 0 Å². The fourth-order valence-corrected chi connectivity index (χ4v) is 5.12. The van der Waals surface area contributed by atoms with Crippen molar-refractivity contribution in [2.24, 2.45) is 0 Å². The normalized spacial score (nSPS) is 14.5. The number of esters is 1. The van der Waals surface area contributed by atoms with Gasteiger partial charge in [0.2, 0.25) is 0 Å². The molecule has 0 bridgehead atoms. The summed E-state index contributed by atoms with van der Waals surface area (Å²) in [5.41, 5.74) is 3.02. The van der Waals surface area contributed by atoms with E-state index in [0.29, 0.717) is 0 Å².